The van der Waals surface area contributed by atoms with E-state index in [1.54, 1.807) is 18.2 Å². The number of nitrogens with zero attached hydrogens (tertiary/aromatic N) is 1. The number of hydrogen-bond acceptors (Lipinski definition) is 2. The Hall–Kier alpha value is -1.88. The van der Waals surface area contributed by atoms with Gasteiger partial charge in [0.05, 0.1) is 6.61 Å². The van der Waals surface area contributed by atoms with E-state index in [1.807, 2.05) is 6.92 Å². The summed E-state index contributed by atoms with van der Waals surface area (Å²) < 4.78 is 12.9. The van der Waals surface area contributed by atoms with Gasteiger partial charge in [0, 0.05) is 19.3 Å². The molecule has 2 N–H and O–H groups in total. The number of aliphatic hydroxyl groups excluding tert-OH is 1. The Balaban J connectivity index is 2.51. The normalized spacial score (nSPS) is 10.6. The first-order chi connectivity index (χ1) is 8.67. The molecule has 0 aliphatic heterocycles. The average Bonchev–Trinajstić information content (AvgIpc) is 2.36. The van der Waals surface area contributed by atoms with E-state index in [0.29, 0.717) is 12.1 Å². The number of benzene rings is 1. The minimum absolute atomic E-state index is 0.0745. The molecule has 98 valence electrons. The zero-order valence-corrected chi connectivity index (χ0v) is 10.3. The fraction of sp³-hybridized carbons (Fsp3) is 0.308. The quantitative estimate of drug-likeness (QED) is 0.840. The van der Waals surface area contributed by atoms with E-state index >= 15 is 0 Å². The molecule has 1 aromatic carbocycles. The summed E-state index contributed by atoms with van der Waals surface area (Å²) >= 11 is 0. The van der Waals surface area contributed by atoms with Crippen LogP contribution in [0.3, 0.4) is 0 Å². The van der Waals surface area contributed by atoms with Crippen LogP contribution in [-0.2, 0) is 0 Å². The first-order valence-electron chi connectivity index (χ1n) is 5.75. The third kappa shape index (κ3) is 4.55. The number of halogens is 1. The van der Waals surface area contributed by atoms with Crippen molar-refractivity contribution >= 4 is 12.1 Å². The predicted octanol–water partition coefficient (Wildman–Crippen LogP) is 1.82. The monoisotopic (exact) mass is 252 g/mol. The van der Waals surface area contributed by atoms with E-state index in [4.69, 9.17) is 5.11 Å². The minimum atomic E-state index is -0.320. The number of likely N-dealkylation sites (N-methyl/N-ethyl adjacent to an activating group) is 1. The third-order valence-electron chi connectivity index (χ3n) is 2.37. The molecule has 0 radical (unpaired) electrons. The molecule has 0 spiro atoms. The maximum absolute atomic E-state index is 12.9. The molecule has 0 aliphatic carbocycles. The highest BCUT2D eigenvalue weighted by Crippen LogP contribution is 2.04. The van der Waals surface area contributed by atoms with Crippen molar-refractivity contribution in [1.82, 2.24) is 10.2 Å². The Bertz CT molecular complexity index is 421. The van der Waals surface area contributed by atoms with Crippen molar-refractivity contribution in [3.05, 3.63) is 41.8 Å². The summed E-state index contributed by atoms with van der Waals surface area (Å²) in [5.74, 6) is -0.320. The number of amides is 2. The number of carbonyl (C=O) groups is 1. The molecule has 2 amide bonds. The number of rotatable bonds is 5. The molecular formula is C13H17FN2O2. The molecule has 4 nitrogen and oxygen atoms in total. The lowest BCUT2D eigenvalue weighted by Gasteiger charge is -2.18. The molecule has 0 saturated heterocycles. The Labute approximate surface area is 106 Å². The molecule has 0 aromatic heterocycles. The number of nitrogens with one attached hydrogen (secondary N) is 1. The molecule has 18 heavy (non-hydrogen) atoms. The number of carbonyl (C=O) groups excluding carboxylic acids is 1. The summed E-state index contributed by atoms with van der Waals surface area (Å²) in [6.07, 6.45) is 3.06. The Kier molecular flexibility index (Phi) is 5.87. The summed E-state index contributed by atoms with van der Waals surface area (Å²) in [5.41, 5.74) is 0.667. The molecule has 0 saturated carbocycles. The van der Waals surface area contributed by atoms with Gasteiger partial charge in [0.25, 0.3) is 0 Å². The van der Waals surface area contributed by atoms with Gasteiger partial charge in [0.15, 0.2) is 0 Å². The minimum Gasteiger partial charge on any atom is -0.395 e. The van der Waals surface area contributed by atoms with Crippen LogP contribution < -0.4 is 5.32 Å². The molecule has 0 fully saturated rings. The zero-order valence-electron chi connectivity index (χ0n) is 10.3. The van der Waals surface area contributed by atoms with E-state index in [2.05, 4.69) is 5.32 Å². The van der Waals surface area contributed by atoms with Gasteiger partial charge in [-0.15, -0.1) is 0 Å². The van der Waals surface area contributed by atoms with Crippen LogP contribution in [0.15, 0.2) is 30.5 Å². The van der Waals surface area contributed by atoms with Gasteiger partial charge in [-0.2, -0.15) is 0 Å². The van der Waals surface area contributed by atoms with Crippen LogP contribution in [0.4, 0.5) is 9.18 Å². The van der Waals surface area contributed by atoms with Crippen LogP contribution in [0.5, 0.6) is 0 Å². The number of aliphatic hydroxyl groups is 1. The van der Waals surface area contributed by atoms with Crippen molar-refractivity contribution in [2.45, 2.75) is 6.92 Å². The lowest BCUT2D eigenvalue weighted by Crippen LogP contribution is -2.39. The van der Waals surface area contributed by atoms with Crippen molar-refractivity contribution in [2.24, 2.45) is 0 Å². The fourth-order valence-corrected chi connectivity index (χ4v) is 1.43. The fourth-order valence-electron chi connectivity index (χ4n) is 1.43. The molecule has 0 unspecified atom stereocenters. The molecule has 5 heteroatoms. The molecule has 1 rings (SSSR count). The van der Waals surface area contributed by atoms with Crippen LogP contribution in [0.1, 0.15) is 12.5 Å². The van der Waals surface area contributed by atoms with E-state index < -0.39 is 0 Å². The van der Waals surface area contributed by atoms with E-state index in [1.165, 1.54) is 23.2 Å². The van der Waals surface area contributed by atoms with Crippen molar-refractivity contribution in [3.63, 3.8) is 0 Å². The van der Waals surface area contributed by atoms with Gasteiger partial charge < -0.3 is 15.3 Å². The van der Waals surface area contributed by atoms with Crippen molar-refractivity contribution < 1.29 is 14.3 Å². The van der Waals surface area contributed by atoms with Crippen LogP contribution in [0.25, 0.3) is 6.08 Å². The summed E-state index contributed by atoms with van der Waals surface area (Å²) in [4.78, 5) is 13.1. The van der Waals surface area contributed by atoms with Crippen LogP contribution >= 0.6 is 0 Å². The standard InChI is InChI=1S/C13H17FN2O2/c1-2-16(8-9-17)13(18)15-7-6-11-4-3-5-12(14)10-11/h3-7,10,17H,2,8-9H2,1H3,(H,15,18)/b7-6+. The van der Waals surface area contributed by atoms with Crippen molar-refractivity contribution in [2.75, 3.05) is 19.7 Å². The first-order valence-corrected chi connectivity index (χ1v) is 5.75. The summed E-state index contributed by atoms with van der Waals surface area (Å²) in [6, 6.07) is 5.77. The molecule has 0 atom stereocenters. The second-order valence-electron chi connectivity index (χ2n) is 3.64. The molecule has 0 bridgehead atoms. The van der Waals surface area contributed by atoms with Gasteiger partial charge in [0.2, 0.25) is 0 Å². The third-order valence-corrected chi connectivity index (χ3v) is 2.37. The predicted molar refractivity (Wildman–Crippen MR) is 68.3 cm³/mol. The SMILES string of the molecule is CCN(CCO)C(=O)N/C=C/c1cccc(F)c1. The average molecular weight is 252 g/mol. The zero-order chi connectivity index (χ0) is 13.4. The highest BCUT2D eigenvalue weighted by molar-refractivity contribution is 5.76. The van der Waals surface area contributed by atoms with Gasteiger partial charge in [-0.3, -0.25) is 0 Å². The smallest absolute Gasteiger partial charge is 0.321 e. The Morgan fingerprint density at radius 1 is 1.56 bits per heavy atom. The van der Waals surface area contributed by atoms with E-state index in [9.17, 15) is 9.18 Å². The van der Waals surface area contributed by atoms with Crippen molar-refractivity contribution in [3.8, 4) is 0 Å². The van der Waals surface area contributed by atoms with Crippen LogP contribution in [-0.4, -0.2) is 35.7 Å². The molecule has 0 heterocycles. The van der Waals surface area contributed by atoms with Gasteiger partial charge in [0.1, 0.15) is 5.82 Å². The van der Waals surface area contributed by atoms with Gasteiger partial charge in [-0.25, -0.2) is 9.18 Å². The van der Waals surface area contributed by atoms with Gasteiger partial charge in [-0.1, -0.05) is 12.1 Å². The lowest BCUT2D eigenvalue weighted by molar-refractivity contribution is 0.183. The maximum Gasteiger partial charge on any atom is 0.321 e. The van der Waals surface area contributed by atoms with Crippen LogP contribution in [0, 0.1) is 5.82 Å². The topological polar surface area (TPSA) is 52.6 Å². The number of urea groups is 1. The van der Waals surface area contributed by atoms with Gasteiger partial charge >= 0.3 is 6.03 Å². The lowest BCUT2D eigenvalue weighted by atomic mass is 10.2. The first kappa shape index (κ1) is 14.2. The second-order valence-corrected chi connectivity index (χ2v) is 3.64. The highest BCUT2D eigenvalue weighted by atomic mass is 19.1. The summed E-state index contributed by atoms with van der Waals surface area (Å²) in [5, 5.41) is 11.3. The largest absolute Gasteiger partial charge is 0.395 e. The van der Waals surface area contributed by atoms with Crippen molar-refractivity contribution in [1.29, 1.82) is 0 Å². The second kappa shape index (κ2) is 7.45. The van der Waals surface area contributed by atoms with Crippen LogP contribution in [0.2, 0.25) is 0 Å². The molecule has 1 aromatic rings. The summed E-state index contributed by atoms with van der Waals surface area (Å²) in [6.45, 7) is 2.55. The number of hydrogen-bond donors (Lipinski definition) is 2. The van der Waals surface area contributed by atoms with Gasteiger partial charge in [-0.05, 0) is 30.7 Å². The summed E-state index contributed by atoms with van der Waals surface area (Å²) in [7, 11) is 0. The molecular weight excluding hydrogens is 235 g/mol. The Morgan fingerprint density at radius 3 is 2.94 bits per heavy atom. The highest BCUT2D eigenvalue weighted by Gasteiger charge is 2.07. The maximum atomic E-state index is 12.9. The van der Waals surface area contributed by atoms with E-state index in [-0.39, 0.29) is 25.0 Å². The molecule has 0 aliphatic rings. The van der Waals surface area contributed by atoms with E-state index in [0.717, 1.165) is 0 Å². The Morgan fingerprint density at radius 2 is 2.33 bits per heavy atom.